The summed E-state index contributed by atoms with van der Waals surface area (Å²) in [6, 6.07) is 8.05. The molecule has 2 fully saturated rings. The number of rotatable bonds is 2. The first kappa shape index (κ1) is 17.8. The molecule has 1 aromatic carbocycles. The maximum absolute atomic E-state index is 12.7. The summed E-state index contributed by atoms with van der Waals surface area (Å²) in [5.74, 6) is 0. The smallest absolute Gasteiger partial charge is 0.318 e. The van der Waals surface area contributed by atoms with Crippen LogP contribution in [0.4, 0.5) is 23.7 Å². The molecular formula is C19H19F3N4O. The van der Waals surface area contributed by atoms with Gasteiger partial charge in [-0.05, 0) is 62.4 Å². The third-order valence-corrected chi connectivity index (χ3v) is 5.36. The molecule has 2 aromatic rings. The molecule has 0 saturated carbocycles. The molecule has 0 aliphatic carbocycles. The summed E-state index contributed by atoms with van der Waals surface area (Å²) in [5, 5.41) is 9.89. The molecule has 2 bridgehead atoms. The van der Waals surface area contributed by atoms with Crippen LogP contribution in [0.25, 0.3) is 11.3 Å². The van der Waals surface area contributed by atoms with Gasteiger partial charge in [0.2, 0.25) is 0 Å². The van der Waals surface area contributed by atoms with E-state index in [-0.39, 0.29) is 6.03 Å². The standard InChI is InChI=1S/C19H19F3N4O/c1-11-5-6-12(23-18(27)26-13-3-2-4-14(26)10-13)9-15(11)16-7-8-17(25-24-16)19(20,21)22/h5-9,13-14H,2-4,10H2,1H3,(H,23,27). The number of aromatic nitrogens is 2. The van der Waals surface area contributed by atoms with Crippen LogP contribution >= 0.6 is 0 Å². The molecule has 0 radical (unpaired) electrons. The van der Waals surface area contributed by atoms with Gasteiger partial charge in [0.1, 0.15) is 0 Å². The SMILES string of the molecule is Cc1ccc(NC(=O)N2C3CCCC2C3)cc1-c1ccc(C(F)(F)F)nn1. The van der Waals surface area contributed by atoms with Crippen LogP contribution in [-0.2, 0) is 6.18 Å². The number of carbonyl (C=O) groups is 1. The highest BCUT2D eigenvalue weighted by Gasteiger charge is 2.44. The number of alkyl halides is 3. The van der Waals surface area contributed by atoms with E-state index < -0.39 is 11.9 Å². The number of urea groups is 1. The fraction of sp³-hybridized carbons (Fsp3) is 0.421. The number of nitrogens with zero attached hydrogens (tertiary/aromatic N) is 3. The normalized spacial score (nSPS) is 21.6. The van der Waals surface area contributed by atoms with Crippen LogP contribution in [0, 0.1) is 6.92 Å². The molecule has 1 aromatic heterocycles. The van der Waals surface area contributed by atoms with Crippen LogP contribution in [0.2, 0.25) is 0 Å². The zero-order valence-corrected chi connectivity index (χ0v) is 14.8. The number of nitrogens with one attached hydrogen (secondary N) is 1. The van der Waals surface area contributed by atoms with Gasteiger partial charge in [0.05, 0.1) is 5.69 Å². The zero-order chi connectivity index (χ0) is 19.2. The zero-order valence-electron chi connectivity index (χ0n) is 14.8. The summed E-state index contributed by atoms with van der Waals surface area (Å²) in [5.41, 5.74) is 1.36. The van der Waals surface area contributed by atoms with E-state index in [4.69, 9.17) is 0 Å². The highest BCUT2D eigenvalue weighted by atomic mass is 19.4. The Morgan fingerprint density at radius 1 is 1.15 bits per heavy atom. The van der Waals surface area contributed by atoms with Crippen molar-refractivity contribution in [2.45, 2.75) is 50.9 Å². The van der Waals surface area contributed by atoms with E-state index in [1.165, 1.54) is 12.5 Å². The van der Waals surface area contributed by atoms with Gasteiger partial charge in [0, 0.05) is 23.3 Å². The highest BCUT2D eigenvalue weighted by molar-refractivity contribution is 5.91. The number of benzene rings is 1. The number of hydrogen-bond acceptors (Lipinski definition) is 3. The molecule has 3 heterocycles. The van der Waals surface area contributed by atoms with E-state index in [1.54, 1.807) is 18.2 Å². The number of anilines is 1. The van der Waals surface area contributed by atoms with Crippen LogP contribution in [-0.4, -0.2) is 33.2 Å². The number of aryl methyl sites for hydroxylation is 1. The molecule has 27 heavy (non-hydrogen) atoms. The van der Waals surface area contributed by atoms with Gasteiger partial charge in [-0.25, -0.2) is 4.79 Å². The first-order chi connectivity index (χ1) is 12.8. The van der Waals surface area contributed by atoms with Gasteiger partial charge >= 0.3 is 12.2 Å². The van der Waals surface area contributed by atoms with E-state index in [0.29, 0.717) is 29.0 Å². The molecule has 2 amide bonds. The quantitative estimate of drug-likeness (QED) is 0.831. The van der Waals surface area contributed by atoms with E-state index in [1.807, 2.05) is 11.8 Å². The second kappa shape index (κ2) is 6.51. The molecule has 0 spiro atoms. The first-order valence-electron chi connectivity index (χ1n) is 8.94. The highest BCUT2D eigenvalue weighted by Crippen LogP contribution is 2.38. The number of piperidine rings is 1. The number of amides is 2. The van der Waals surface area contributed by atoms with E-state index in [2.05, 4.69) is 15.5 Å². The van der Waals surface area contributed by atoms with Crippen molar-refractivity contribution >= 4 is 11.7 Å². The van der Waals surface area contributed by atoms with Crippen LogP contribution in [0.15, 0.2) is 30.3 Å². The van der Waals surface area contributed by atoms with Crippen molar-refractivity contribution in [3.05, 3.63) is 41.6 Å². The van der Waals surface area contributed by atoms with Gasteiger partial charge < -0.3 is 10.2 Å². The average Bonchev–Trinajstić information content (AvgIpc) is 2.63. The molecule has 5 nitrogen and oxygen atoms in total. The minimum atomic E-state index is -4.52. The summed E-state index contributed by atoms with van der Waals surface area (Å²) in [7, 11) is 0. The molecule has 2 saturated heterocycles. The summed E-state index contributed by atoms with van der Waals surface area (Å²) in [4.78, 5) is 14.5. The van der Waals surface area contributed by atoms with Gasteiger partial charge in [-0.1, -0.05) is 6.07 Å². The second-order valence-corrected chi connectivity index (χ2v) is 7.14. The lowest BCUT2D eigenvalue weighted by Crippen LogP contribution is -2.62. The van der Waals surface area contributed by atoms with Crippen LogP contribution in [0.3, 0.4) is 0 Å². The van der Waals surface area contributed by atoms with Crippen LogP contribution in [0.1, 0.15) is 36.9 Å². The molecular weight excluding hydrogens is 357 g/mol. The molecule has 1 N–H and O–H groups in total. The maximum atomic E-state index is 12.7. The molecule has 2 aliphatic rings. The van der Waals surface area contributed by atoms with Crippen molar-refractivity contribution in [2.75, 3.05) is 5.32 Å². The lowest BCUT2D eigenvalue weighted by Gasteiger charge is -2.52. The van der Waals surface area contributed by atoms with Crippen molar-refractivity contribution in [1.82, 2.24) is 15.1 Å². The van der Waals surface area contributed by atoms with Gasteiger partial charge in [-0.2, -0.15) is 13.2 Å². The monoisotopic (exact) mass is 376 g/mol. The number of halogens is 3. The Labute approximate surface area is 154 Å². The van der Waals surface area contributed by atoms with Crippen molar-refractivity contribution in [3.8, 4) is 11.3 Å². The van der Waals surface area contributed by atoms with Crippen molar-refractivity contribution in [3.63, 3.8) is 0 Å². The summed E-state index contributed by atoms with van der Waals surface area (Å²) >= 11 is 0. The molecule has 2 atom stereocenters. The molecule has 8 heteroatoms. The summed E-state index contributed by atoms with van der Waals surface area (Å²) in [6.07, 6.45) is -0.186. The average molecular weight is 376 g/mol. The minimum Gasteiger partial charge on any atom is -0.318 e. The van der Waals surface area contributed by atoms with E-state index >= 15 is 0 Å². The largest absolute Gasteiger partial charge is 0.435 e. The molecule has 2 unspecified atom stereocenters. The van der Waals surface area contributed by atoms with Crippen molar-refractivity contribution in [1.29, 1.82) is 0 Å². The third kappa shape index (κ3) is 3.36. The minimum absolute atomic E-state index is 0.121. The maximum Gasteiger partial charge on any atom is 0.435 e. The predicted molar refractivity (Wildman–Crippen MR) is 94.1 cm³/mol. The first-order valence-corrected chi connectivity index (χ1v) is 8.94. The molecule has 2 aliphatic heterocycles. The molecule has 4 rings (SSSR count). The van der Waals surface area contributed by atoms with Crippen molar-refractivity contribution in [2.24, 2.45) is 0 Å². The van der Waals surface area contributed by atoms with Crippen molar-refractivity contribution < 1.29 is 18.0 Å². The van der Waals surface area contributed by atoms with Gasteiger partial charge in [0.25, 0.3) is 0 Å². The lowest BCUT2D eigenvalue weighted by atomic mass is 9.80. The molecule has 142 valence electrons. The third-order valence-electron chi connectivity index (χ3n) is 5.36. The van der Waals surface area contributed by atoms with Gasteiger partial charge in [-0.3, -0.25) is 0 Å². The fourth-order valence-electron chi connectivity index (χ4n) is 3.93. The Morgan fingerprint density at radius 3 is 2.48 bits per heavy atom. The second-order valence-electron chi connectivity index (χ2n) is 7.14. The Balaban J connectivity index is 1.54. The number of fused-ring (bicyclic) bond motifs is 2. The Hall–Kier alpha value is -2.64. The summed E-state index contributed by atoms with van der Waals surface area (Å²) in [6.45, 7) is 1.83. The lowest BCUT2D eigenvalue weighted by molar-refractivity contribution is -0.141. The summed E-state index contributed by atoms with van der Waals surface area (Å²) < 4.78 is 38.0. The van der Waals surface area contributed by atoms with E-state index in [0.717, 1.165) is 30.9 Å². The Bertz CT molecular complexity index is 852. The number of carbonyl (C=O) groups excluding carboxylic acids is 1. The topological polar surface area (TPSA) is 58.1 Å². The Kier molecular flexibility index (Phi) is 4.28. The van der Waals surface area contributed by atoms with Crippen LogP contribution in [0.5, 0.6) is 0 Å². The number of hydrogen-bond donors (Lipinski definition) is 1. The van der Waals surface area contributed by atoms with Gasteiger partial charge in [0.15, 0.2) is 5.69 Å². The van der Waals surface area contributed by atoms with Crippen LogP contribution < -0.4 is 5.32 Å². The van der Waals surface area contributed by atoms with E-state index in [9.17, 15) is 18.0 Å². The van der Waals surface area contributed by atoms with Gasteiger partial charge in [-0.15, -0.1) is 10.2 Å². The predicted octanol–water partition coefficient (Wildman–Crippen LogP) is 4.63. The fourth-order valence-corrected chi connectivity index (χ4v) is 3.93. The Morgan fingerprint density at radius 2 is 1.89 bits per heavy atom.